The Bertz CT molecular complexity index is 2470. The van der Waals surface area contributed by atoms with Crippen molar-refractivity contribution in [3.8, 4) is 33.6 Å². The quantitative estimate of drug-likeness (QED) is 0.123. The molecule has 8 aromatic rings. The molecule has 8 rings (SSSR count). The number of furan rings is 1. The minimum absolute atomic E-state index is 0. The van der Waals surface area contributed by atoms with Gasteiger partial charge in [0.15, 0.2) is 0 Å². The summed E-state index contributed by atoms with van der Waals surface area (Å²) in [5.74, 6) is 0. The number of rotatable bonds is 6. The third-order valence-corrected chi connectivity index (χ3v) is 11.5. The van der Waals surface area contributed by atoms with Crippen LogP contribution >= 0.6 is 0 Å². The first kappa shape index (κ1) is 32.9. The van der Waals surface area contributed by atoms with E-state index < -0.39 is 14.9 Å². The number of benzene rings is 5. The zero-order valence-corrected chi connectivity index (χ0v) is 33.4. The van der Waals surface area contributed by atoms with Crippen LogP contribution in [-0.2, 0) is 25.5 Å². The number of nitrogens with zero attached hydrogens (tertiary/aromatic N) is 2. The Morgan fingerprint density at radius 3 is 2.04 bits per heavy atom. The van der Waals surface area contributed by atoms with Gasteiger partial charge >= 0.3 is 0 Å². The molecule has 0 saturated heterocycles. The molecule has 1 radical (unpaired) electrons. The van der Waals surface area contributed by atoms with Gasteiger partial charge < -0.3 is 14.4 Å². The average Bonchev–Trinajstić information content (AvgIpc) is 3.56. The van der Waals surface area contributed by atoms with Crippen LogP contribution < -0.4 is 5.19 Å². The summed E-state index contributed by atoms with van der Waals surface area (Å²) in [5, 5.41) is 3.49. The van der Waals surface area contributed by atoms with Crippen molar-refractivity contribution in [3.05, 3.63) is 175 Å². The maximum Gasteiger partial charge on any atom is 0.121 e. The molecule has 0 atom stereocenters. The summed E-state index contributed by atoms with van der Waals surface area (Å²) in [4.78, 5) is 9.16. The van der Waals surface area contributed by atoms with E-state index in [2.05, 4.69) is 148 Å². The first-order chi connectivity index (χ1) is 25.8. The second kappa shape index (κ2) is 15.4. The van der Waals surface area contributed by atoms with E-state index in [0.29, 0.717) is 5.56 Å². The number of hydrogen-bond donors (Lipinski definition) is 0. The molecule has 0 N–H and O–H groups in total. The van der Waals surface area contributed by atoms with Crippen LogP contribution in [0.2, 0.25) is 19.6 Å². The van der Waals surface area contributed by atoms with Crippen LogP contribution in [0.15, 0.2) is 150 Å². The average molecular weight is 874 g/mol. The molecule has 261 valence electrons. The summed E-state index contributed by atoms with van der Waals surface area (Å²) in [6.45, 7) is 9.26. The Kier molecular flexibility index (Phi) is 9.72. The Balaban J connectivity index is 0.000000211. The van der Waals surface area contributed by atoms with E-state index in [1.54, 1.807) is 12.1 Å². The predicted molar refractivity (Wildman–Crippen MR) is 216 cm³/mol. The fraction of sp³-hybridized carbons (Fsp3) is 0.149. The second-order valence-electron chi connectivity index (χ2n) is 14.4. The number of pyridine rings is 2. The van der Waals surface area contributed by atoms with Gasteiger partial charge in [0.1, 0.15) is 5.58 Å². The summed E-state index contributed by atoms with van der Waals surface area (Å²) >= 11 is 0. The molecule has 0 spiro atoms. The standard InChI is InChI=1S/C32H24NO.C15H18NSi.Ir/c1-32(2,25-11-7-4-8-12-25)26-17-18-33-29(21-26)24-14-16-31-28(20-24)27-19-23(13-15-30(27)34-31)22-9-5-3-6-10-22;1-12-5-7-13(8-6-12)15-10-9-14(11-16-15)17(2,3)4;/h3-13,15-21H,1-2H3;5-7,9-11H,1-4H3;/q2*-1;/i;1D3;. The van der Waals surface area contributed by atoms with Gasteiger partial charge in [-0.05, 0) is 57.0 Å². The van der Waals surface area contributed by atoms with Gasteiger partial charge in [-0.15, -0.1) is 59.2 Å². The molecule has 0 amide bonds. The topological polar surface area (TPSA) is 38.9 Å². The summed E-state index contributed by atoms with van der Waals surface area (Å²) in [7, 11) is -1.34. The SMILES string of the molecule is CC(C)(c1ccccc1)c1ccnc(-c2[c-]cc3oc4ccc(-c5ccccc5)cc4c3c2)c1.[2H]C([2H])([2H])c1c[c-]c(-c2ccc([Si](C)(C)C)cn2)cc1.[Ir]. The minimum atomic E-state index is -2.08. The molecule has 5 heteroatoms. The van der Waals surface area contributed by atoms with Gasteiger partial charge in [-0.25, -0.2) is 0 Å². The smallest absolute Gasteiger partial charge is 0.121 e. The maximum atomic E-state index is 7.35. The van der Waals surface area contributed by atoms with Crippen LogP contribution in [0.4, 0.5) is 0 Å². The van der Waals surface area contributed by atoms with Crippen molar-refractivity contribution >= 4 is 35.2 Å². The fourth-order valence-corrected chi connectivity index (χ4v) is 7.28. The van der Waals surface area contributed by atoms with Crippen molar-refractivity contribution in [1.82, 2.24) is 9.97 Å². The zero-order valence-electron chi connectivity index (χ0n) is 33.0. The number of fused-ring (bicyclic) bond motifs is 3. The molecule has 52 heavy (non-hydrogen) atoms. The Morgan fingerprint density at radius 2 is 1.37 bits per heavy atom. The second-order valence-corrected chi connectivity index (χ2v) is 19.5. The van der Waals surface area contributed by atoms with Gasteiger partial charge in [0.05, 0.1) is 13.7 Å². The molecule has 0 aliphatic heterocycles. The third-order valence-electron chi connectivity index (χ3n) is 9.48. The van der Waals surface area contributed by atoms with Crippen molar-refractivity contribution < 1.29 is 28.6 Å². The minimum Gasteiger partial charge on any atom is -0.500 e. The Morgan fingerprint density at radius 1 is 0.635 bits per heavy atom. The number of hydrogen-bond acceptors (Lipinski definition) is 3. The van der Waals surface area contributed by atoms with Crippen molar-refractivity contribution in [2.75, 3.05) is 0 Å². The van der Waals surface area contributed by atoms with Crippen LogP contribution in [0.1, 0.15) is 34.7 Å². The van der Waals surface area contributed by atoms with E-state index >= 15 is 0 Å². The molecular weight excluding hydrogens is 829 g/mol. The van der Waals surface area contributed by atoms with Crippen molar-refractivity contribution in [2.45, 2.75) is 45.8 Å². The van der Waals surface area contributed by atoms with Gasteiger partial charge in [-0.1, -0.05) is 131 Å². The monoisotopic (exact) mass is 874 g/mol. The normalized spacial score (nSPS) is 12.6. The third kappa shape index (κ3) is 7.93. The van der Waals surface area contributed by atoms with Crippen molar-refractivity contribution in [2.24, 2.45) is 0 Å². The summed E-state index contributed by atoms with van der Waals surface area (Å²) < 4.78 is 28.2. The van der Waals surface area contributed by atoms with Crippen LogP contribution in [0.25, 0.3) is 55.6 Å². The molecule has 5 aromatic carbocycles. The van der Waals surface area contributed by atoms with Crippen molar-refractivity contribution in [3.63, 3.8) is 0 Å². The van der Waals surface area contributed by atoms with E-state index in [4.69, 9.17) is 13.5 Å². The molecule has 0 fully saturated rings. The van der Waals surface area contributed by atoms with Gasteiger partial charge in [-0.3, -0.25) is 0 Å². The van der Waals surface area contributed by atoms with Crippen LogP contribution in [0, 0.1) is 19.0 Å². The van der Waals surface area contributed by atoms with E-state index in [-0.39, 0.29) is 25.5 Å². The number of aromatic nitrogens is 2. The molecule has 3 aromatic heterocycles. The van der Waals surface area contributed by atoms with Crippen molar-refractivity contribution in [1.29, 1.82) is 0 Å². The first-order valence-electron chi connectivity index (χ1n) is 18.7. The molecule has 0 aliphatic rings. The van der Waals surface area contributed by atoms with Crippen LogP contribution in [0.5, 0.6) is 0 Å². The van der Waals surface area contributed by atoms with Gasteiger partial charge in [0.2, 0.25) is 0 Å². The summed E-state index contributed by atoms with van der Waals surface area (Å²) in [5.41, 5.74) is 10.3. The van der Waals surface area contributed by atoms with E-state index in [1.807, 2.05) is 30.6 Å². The predicted octanol–water partition coefficient (Wildman–Crippen LogP) is 11.8. The van der Waals surface area contributed by atoms with E-state index in [0.717, 1.165) is 44.5 Å². The van der Waals surface area contributed by atoms with Crippen LogP contribution in [0.3, 0.4) is 0 Å². The van der Waals surface area contributed by atoms with E-state index in [9.17, 15) is 0 Å². The summed E-state index contributed by atoms with van der Waals surface area (Å²) in [6.07, 6.45) is 3.82. The van der Waals surface area contributed by atoms with Gasteiger partial charge in [0.25, 0.3) is 0 Å². The maximum absolute atomic E-state index is 7.35. The van der Waals surface area contributed by atoms with Crippen LogP contribution in [-0.4, -0.2) is 18.0 Å². The fourth-order valence-electron chi connectivity index (χ4n) is 6.25. The molecule has 0 aliphatic carbocycles. The van der Waals surface area contributed by atoms with E-state index in [1.165, 1.54) is 33.5 Å². The Hall–Kier alpha value is -4.93. The molecule has 0 saturated carbocycles. The Labute approximate surface area is 326 Å². The molecule has 3 nitrogen and oxygen atoms in total. The molecule has 3 heterocycles. The number of aryl methyl sites for hydroxylation is 1. The molecule has 0 bridgehead atoms. The molecular formula is C47H42IrN2OSi-2. The largest absolute Gasteiger partial charge is 0.500 e. The molecule has 0 unspecified atom stereocenters. The van der Waals surface area contributed by atoms with Gasteiger partial charge in [-0.2, -0.15) is 0 Å². The summed E-state index contributed by atoms with van der Waals surface area (Å²) in [6, 6.07) is 51.2. The first-order valence-corrected chi connectivity index (χ1v) is 20.7. The van der Waals surface area contributed by atoms with Gasteiger partial charge in [0, 0.05) is 47.4 Å². The zero-order chi connectivity index (χ0) is 38.1.